The summed E-state index contributed by atoms with van der Waals surface area (Å²) in [5, 5.41) is 0. The van der Waals surface area contributed by atoms with Gasteiger partial charge in [-0.1, -0.05) is 12.1 Å². The molecule has 5 rings (SSSR count). The first-order valence-electron chi connectivity index (χ1n) is 10.4. The van der Waals surface area contributed by atoms with E-state index >= 15 is 0 Å². The van der Waals surface area contributed by atoms with Crippen molar-refractivity contribution in [2.24, 2.45) is 0 Å². The second-order valence-electron chi connectivity index (χ2n) is 7.58. The predicted molar refractivity (Wildman–Crippen MR) is 118 cm³/mol. The highest BCUT2D eigenvalue weighted by molar-refractivity contribution is 5.78. The smallest absolute Gasteiger partial charge is 0.296 e. The van der Waals surface area contributed by atoms with Crippen LogP contribution in [0.1, 0.15) is 24.4 Å². The van der Waals surface area contributed by atoms with E-state index < -0.39 is 0 Å². The summed E-state index contributed by atoms with van der Waals surface area (Å²) in [5.74, 6) is 0.605. The Morgan fingerprint density at radius 1 is 1.06 bits per heavy atom. The zero-order chi connectivity index (χ0) is 21.2. The molecule has 1 N–H and O–H groups in total. The van der Waals surface area contributed by atoms with Crippen LogP contribution in [0, 0.1) is 6.92 Å². The van der Waals surface area contributed by atoms with Crippen LogP contribution in [-0.4, -0.2) is 51.2 Å². The van der Waals surface area contributed by atoms with Crippen molar-refractivity contribution in [1.29, 1.82) is 0 Å². The van der Waals surface area contributed by atoms with Crippen LogP contribution in [0.4, 0.5) is 5.69 Å². The number of ether oxygens (including phenoxy) is 2. The molecule has 1 aliphatic heterocycles. The number of hydrogen-bond donors (Lipinski definition) is 1. The Hall–Kier alpha value is -3.52. The van der Waals surface area contributed by atoms with E-state index in [0.717, 1.165) is 48.6 Å². The van der Waals surface area contributed by atoms with Crippen molar-refractivity contribution in [2.45, 2.75) is 20.0 Å². The van der Waals surface area contributed by atoms with Gasteiger partial charge in [-0.15, -0.1) is 0 Å². The number of aromatic amines is 1. The summed E-state index contributed by atoms with van der Waals surface area (Å²) < 4.78 is 11.3. The minimum Gasteiger partial charge on any atom is -0.453 e. The molecule has 1 aromatic carbocycles. The Balaban J connectivity index is 1.39. The van der Waals surface area contributed by atoms with Crippen LogP contribution in [0.3, 0.4) is 0 Å². The summed E-state index contributed by atoms with van der Waals surface area (Å²) in [6.07, 6.45) is 3.07. The van der Waals surface area contributed by atoms with E-state index in [0.29, 0.717) is 17.5 Å². The standard InChI is InChI=1S/C23H24N6O2/c1-15-14-19-22(28-23(26-19)31-16(2)21-24-8-3-9-25-21)27-20(15)17-4-6-18(7-5-17)29-10-12-30-13-11-29/h3-9,14,16H,10-13H2,1-2H3,(H,26,27,28). The minimum atomic E-state index is -0.324. The third-order valence-electron chi connectivity index (χ3n) is 5.40. The molecule has 0 amide bonds. The van der Waals surface area contributed by atoms with E-state index in [1.54, 1.807) is 18.5 Å². The van der Waals surface area contributed by atoms with Crippen LogP contribution in [0.5, 0.6) is 6.01 Å². The first kappa shape index (κ1) is 19.4. The van der Waals surface area contributed by atoms with Crippen molar-refractivity contribution in [3.05, 3.63) is 60.2 Å². The van der Waals surface area contributed by atoms with Crippen LogP contribution in [-0.2, 0) is 4.74 Å². The molecule has 4 aromatic rings. The normalized spacial score (nSPS) is 15.2. The fraction of sp³-hybridized carbons (Fsp3) is 0.304. The molecule has 31 heavy (non-hydrogen) atoms. The monoisotopic (exact) mass is 416 g/mol. The number of pyridine rings is 1. The third kappa shape index (κ3) is 4.06. The Bertz CT molecular complexity index is 1170. The highest BCUT2D eigenvalue weighted by Crippen LogP contribution is 2.28. The Morgan fingerprint density at radius 3 is 2.55 bits per heavy atom. The molecule has 0 bridgehead atoms. The van der Waals surface area contributed by atoms with E-state index in [-0.39, 0.29) is 6.10 Å². The lowest BCUT2D eigenvalue weighted by Crippen LogP contribution is -2.36. The second-order valence-corrected chi connectivity index (χ2v) is 7.58. The van der Waals surface area contributed by atoms with Crippen LogP contribution < -0.4 is 9.64 Å². The number of fused-ring (bicyclic) bond motifs is 1. The van der Waals surface area contributed by atoms with Crippen molar-refractivity contribution in [3.8, 4) is 17.3 Å². The molecular formula is C23H24N6O2. The lowest BCUT2D eigenvalue weighted by atomic mass is 10.1. The summed E-state index contributed by atoms with van der Waals surface area (Å²) in [6.45, 7) is 7.34. The van der Waals surface area contributed by atoms with E-state index in [1.807, 2.05) is 6.92 Å². The summed E-state index contributed by atoms with van der Waals surface area (Å²) in [6, 6.07) is 12.8. The van der Waals surface area contributed by atoms with Crippen molar-refractivity contribution < 1.29 is 9.47 Å². The van der Waals surface area contributed by atoms with Gasteiger partial charge in [-0.3, -0.25) is 0 Å². The number of benzene rings is 1. The summed E-state index contributed by atoms with van der Waals surface area (Å²) >= 11 is 0. The molecule has 4 heterocycles. The van der Waals surface area contributed by atoms with Gasteiger partial charge < -0.3 is 19.4 Å². The Labute approximate surface area is 180 Å². The number of anilines is 1. The number of hydrogen-bond acceptors (Lipinski definition) is 7. The first-order valence-corrected chi connectivity index (χ1v) is 10.4. The number of rotatable bonds is 5. The molecule has 0 radical (unpaired) electrons. The fourth-order valence-corrected chi connectivity index (χ4v) is 3.76. The van der Waals surface area contributed by atoms with Gasteiger partial charge in [0.25, 0.3) is 6.01 Å². The van der Waals surface area contributed by atoms with Gasteiger partial charge in [0.15, 0.2) is 17.6 Å². The van der Waals surface area contributed by atoms with E-state index in [1.165, 1.54) is 5.69 Å². The zero-order valence-electron chi connectivity index (χ0n) is 17.6. The number of aromatic nitrogens is 5. The van der Waals surface area contributed by atoms with Crippen molar-refractivity contribution in [1.82, 2.24) is 24.9 Å². The molecule has 158 valence electrons. The van der Waals surface area contributed by atoms with Gasteiger partial charge in [-0.05, 0) is 43.7 Å². The van der Waals surface area contributed by atoms with Crippen LogP contribution in [0.15, 0.2) is 48.8 Å². The second kappa shape index (κ2) is 8.31. The quantitative estimate of drug-likeness (QED) is 0.531. The van der Waals surface area contributed by atoms with Crippen molar-refractivity contribution in [2.75, 3.05) is 31.2 Å². The van der Waals surface area contributed by atoms with Gasteiger partial charge in [-0.25, -0.2) is 15.0 Å². The van der Waals surface area contributed by atoms with E-state index in [4.69, 9.17) is 14.5 Å². The van der Waals surface area contributed by atoms with Gasteiger partial charge in [0, 0.05) is 36.7 Å². The lowest BCUT2D eigenvalue weighted by Gasteiger charge is -2.28. The maximum atomic E-state index is 5.91. The van der Waals surface area contributed by atoms with Crippen molar-refractivity contribution in [3.63, 3.8) is 0 Å². The van der Waals surface area contributed by atoms with Gasteiger partial charge in [0.05, 0.1) is 24.4 Å². The molecule has 3 aromatic heterocycles. The number of nitrogens with zero attached hydrogens (tertiary/aromatic N) is 5. The molecule has 1 aliphatic rings. The minimum absolute atomic E-state index is 0.324. The Morgan fingerprint density at radius 2 is 1.81 bits per heavy atom. The zero-order valence-corrected chi connectivity index (χ0v) is 17.6. The molecule has 0 saturated carbocycles. The SMILES string of the molecule is Cc1cc2[nH]c(OC(C)c3ncccn3)nc2nc1-c1ccc(N2CCOCC2)cc1. The maximum Gasteiger partial charge on any atom is 0.296 e. The average molecular weight is 416 g/mol. The van der Waals surface area contributed by atoms with E-state index in [9.17, 15) is 0 Å². The summed E-state index contributed by atoms with van der Waals surface area (Å²) in [4.78, 5) is 23.3. The number of aryl methyl sites for hydroxylation is 1. The fourth-order valence-electron chi connectivity index (χ4n) is 3.76. The summed E-state index contributed by atoms with van der Waals surface area (Å²) in [5.41, 5.74) is 5.71. The topological polar surface area (TPSA) is 89.0 Å². The molecule has 8 nitrogen and oxygen atoms in total. The van der Waals surface area contributed by atoms with Crippen LogP contribution in [0.2, 0.25) is 0 Å². The largest absolute Gasteiger partial charge is 0.453 e. The molecular weight excluding hydrogens is 392 g/mol. The third-order valence-corrected chi connectivity index (χ3v) is 5.40. The Kier molecular flexibility index (Phi) is 5.21. The van der Waals surface area contributed by atoms with Gasteiger partial charge >= 0.3 is 0 Å². The van der Waals surface area contributed by atoms with Gasteiger partial charge in [0.1, 0.15) is 0 Å². The number of imidazole rings is 1. The van der Waals surface area contributed by atoms with Crippen LogP contribution >= 0.6 is 0 Å². The molecule has 1 fully saturated rings. The molecule has 8 heteroatoms. The summed E-state index contributed by atoms with van der Waals surface area (Å²) in [7, 11) is 0. The van der Waals surface area contributed by atoms with Crippen molar-refractivity contribution >= 4 is 16.9 Å². The molecule has 1 atom stereocenters. The van der Waals surface area contributed by atoms with Gasteiger partial charge in [0.2, 0.25) is 0 Å². The predicted octanol–water partition coefficient (Wildman–Crippen LogP) is 3.70. The molecule has 1 unspecified atom stereocenters. The number of nitrogens with one attached hydrogen (secondary N) is 1. The number of morpholine rings is 1. The van der Waals surface area contributed by atoms with E-state index in [2.05, 4.69) is 62.1 Å². The van der Waals surface area contributed by atoms with Crippen LogP contribution in [0.25, 0.3) is 22.4 Å². The molecule has 0 spiro atoms. The average Bonchev–Trinajstić information content (AvgIpc) is 3.20. The highest BCUT2D eigenvalue weighted by Gasteiger charge is 2.16. The van der Waals surface area contributed by atoms with Gasteiger partial charge in [-0.2, -0.15) is 4.98 Å². The molecule has 0 aliphatic carbocycles. The first-order chi connectivity index (χ1) is 15.2. The maximum absolute atomic E-state index is 5.91. The highest BCUT2D eigenvalue weighted by atomic mass is 16.5. The molecule has 1 saturated heterocycles. The number of H-pyrrole nitrogens is 1. The lowest BCUT2D eigenvalue weighted by molar-refractivity contribution is 0.122.